The number of ether oxygens (including phenoxy) is 1. The number of rotatable bonds is 6. The number of non-ortho nitro benzene ring substituents is 1. The van der Waals surface area contributed by atoms with Crippen LogP contribution in [0.5, 0.6) is 5.75 Å². The fraction of sp³-hybridized carbons (Fsp3) is 0.278. The number of amides is 1. The maximum absolute atomic E-state index is 12.1. The third-order valence-corrected chi connectivity index (χ3v) is 3.57. The van der Waals surface area contributed by atoms with E-state index in [2.05, 4.69) is 19.2 Å². The van der Waals surface area contributed by atoms with Gasteiger partial charge in [-0.2, -0.15) is 0 Å². The lowest BCUT2D eigenvalue weighted by atomic mass is 10.0. The Morgan fingerprint density at radius 2 is 1.62 bits per heavy atom. The quantitative estimate of drug-likeness (QED) is 0.638. The molecule has 2 rings (SSSR count). The van der Waals surface area contributed by atoms with Crippen LogP contribution in [0.15, 0.2) is 48.5 Å². The van der Waals surface area contributed by atoms with E-state index in [9.17, 15) is 14.9 Å². The number of nitrogens with zero attached hydrogens (tertiary/aromatic N) is 1. The lowest BCUT2D eigenvalue weighted by Gasteiger charge is -2.15. The van der Waals surface area contributed by atoms with Gasteiger partial charge in [-0.3, -0.25) is 14.9 Å². The Hall–Kier alpha value is -2.89. The van der Waals surface area contributed by atoms with E-state index in [-0.39, 0.29) is 11.6 Å². The van der Waals surface area contributed by atoms with Crippen molar-refractivity contribution in [1.29, 1.82) is 0 Å². The third-order valence-electron chi connectivity index (χ3n) is 3.57. The molecule has 6 nitrogen and oxygen atoms in total. The number of nitro benzene ring substituents is 1. The molecule has 0 saturated heterocycles. The van der Waals surface area contributed by atoms with Gasteiger partial charge in [-0.05, 0) is 42.7 Å². The van der Waals surface area contributed by atoms with Gasteiger partial charge >= 0.3 is 0 Å². The molecule has 0 heterocycles. The van der Waals surface area contributed by atoms with E-state index in [1.54, 1.807) is 6.92 Å². The van der Waals surface area contributed by atoms with Crippen LogP contribution >= 0.6 is 0 Å². The first-order chi connectivity index (χ1) is 11.4. The van der Waals surface area contributed by atoms with Crippen molar-refractivity contribution in [2.24, 2.45) is 0 Å². The van der Waals surface area contributed by atoms with Crippen LogP contribution in [0.1, 0.15) is 32.3 Å². The summed E-state index contributed by atoms with van der Waals surface area (Å²) in [6.07, 6.45) is -0.690. The second-order valence-corrected chi connectivity index (χ2v) is 5.78. The van der Waals surface area contributed by atoms with Gasteiger partial charge in [0.05, 0.1) is 4.92 Å². The van der Waals surface area contributed by atoms with Gasteiger partial charge in [-0.15, -0.1) is 0 Å². The van der Waals surface area contributed by atoms with Gasteiger partial charge < -0.3 is 10.1 Å². The average Bonchev–Trinajstić information content (AvgIpc) is 2.55. The molecule has 1 amide bonds. The van der Waals surface area contributed by atoms with E-state index >= 15 is 0 Å². The van der Waals surface area contributed by atoms with E-state index in [0.717, 1.165) is 0 Å². The van der Waals surface area contributed by atoms with Crippen LogP contribution in [0.25, 0.3) is 0 Å². The summed E-state index contributed by atoms with van der Waals surface area (Å²) in [5.41, 5.74) is 1.66. The first-order valence-electron chi connectivity index (χ1n) is 7.68. The molecule has 0 unspecified atom stereocenters. The van der Waals surface area contributed by atoms with E-state index in [0.29, 0.717) is 17.4 Å². The zero-order valence-electron chi connectivity index (χ0n) is 13.9. The molecule has 0 aliphatic heterocycles. The van der Waals surface area contributed by atoms with Gasteiger partial charge in [-0.1, -0.05) is 26.0 Å². The van der Waals surface area contributed by atoms with Crippen molar-refractivity contribution in [3.05, 3.63) is 64.2 Å². The summed E-state index contributed by atoms with van der Waals surface area (Å²) in [6, 6.07) is 13.3. The molecule has 0 aromatic heterocycles. The smallest absolute Gasteiger partial charge is 0.269 e. The lowest BCUT2D eigenvalue weighted by molar-refractivity contribution is -0.384. The molecule has 6 heteroatoms. The Labute approximate surface area is 140 Å². The number of carbonyl (C=O) groups is 1. The third kappa shape index (κ3) is 4.55. The number of nitrogens with one attached hydrogen (secondary N) is 1. The predicted octanol–water partition coefficient (Wildman–Crippen LogP) is 4.12. The Balaban J connectivity index is 1.95. The predicted molar refractivity (Wildman–Crippen MR) is 92.3 cm³/mol. The topological polar surface area (TPSA) is 81.5 Å². The number of benzene rings is 2. The average molecular weight is 328 g/mol. The highest BCUT2D eigenvalue weighted by Crippen LogP contribution is 2.20. The van der Waals surface area contributed by atoms with E-state index in [1.165, 1.54) is 29.8 Å². The van der Waals surface area contributed by atoms with Crippen LogP contribution in [0.4, 0.5) is 11.4 Å². The van der Waals surface area contributed by atoms with Crippen molar-refractivity contribution < 1.29 is 14.5 Å². The number of nitro groups is 1. The van der Waals surface area contributed by atoms with Crippen molar-refractivity contribution in [2.75, 3.05) is 5.32 Å². The first kappa shape index (κ1) is 17.5. The Bertz CT molecular complexity index is 709. The number of carbonyl (C=O) groups excluding carboxylic acids is 1. The second kappa shape index (κ2) is 7.59. The molecule has 0 bridgehead atoms. The summed E-state index contributed by atoms with van der Waals surface area (Å²) >= 11 is 0. The number of anilines is 1. The maximum atomic E-state index is 12.1. The van der Waals surface area contributed by atoms with Gasteiger partial charge in [0.2, 0.25) is 0 Å². The Morgan fingerprint density at radius 3 is 2.12 bits per heavy atom. The van der Waals surface area contributed by atoms with E-state index in [1.807, 2.05) is 24.3 Å². The molecule has 0 fully saturated rings. The molecule has 0 aliphatic carbocycles. The SMILES string of the molecule is CC(C)c1ccc(O[C@H](C)C(=O)Nc2ccc([N+](=O)[O-])cc2)cc1. The highest BCUT2D eigenvalue weighted by atomic mass is 16.6. The summed E-state index contributed by atoms with van der Waals surface area (Å²) < 4.78 is 5.62. The molecular formula is C18H20N2O4. The van der Waals surface area contributed by atoms with Crippen LogP contribution in [-0.2, 0) is 4.79 Å². The molecule has 0 radical (unpaired) electrons. The fourth-order valence-electron chi connectivity index (χ4n) is 2.10. The standard InChI is InChI=1S/C18H20N2O4/c1-12(2)14-4-10-17(11-5-14)24-13(3)18(21)19-15-6-8-16(9-7-15)20(22)23/h4-13H,1-3H3,(H,19,21)/t13-/m1/s1. The van der Waals surface area contributed by atoms with Gasteiger partial charge in [-0.25, -0.2) is 0 Å². The van der Waals surface area contributed by atoms with E-state index < -0.39 is 11.0 Å². The molecule has 2 aromatic rings. The van der Waals surface area contributed by atoms with Crippen molar-refractivity contribution in [3.63, 3.8) is 0 Å². The van der Waals surface area contributed by atoms with Crippen molar-refractivity contribution >= 4 is 17.3 Å². The second-order valence-electron chi connectivity index (χ2n) is 5.78. The molecule has 0 aliphatic rings. The number of hydrogen-bond acceptors (Lipinski definition) is 4. The molecule has 0 saturated carbocycles. The summed E-state index contributed by atoms with van der Waals surface area (Å²) in [6.45, 7) is 5.86. The minimum Gasteiger partial charge on any atom is -0.481 e. The molecule has 1 N–H and O–H groups in total. The summed E-state index contributed by atoms with van der Waals surface area (Å²) in [4.78, 5) is 22.3. The van der Waals surface area contributed by atoms with Crippen LogP contribution in [-0.4, -0.2) is 16.9 Å². The molecule has 2 aromatic carbocycles. The van der Waals surface area contributed by atoms with Gasteiger partial charge in [0.25, 0.3) is 11.6 Å². The highest BCUT2D eigenvalue weighted by molar-refractivity contribution is 5.94. The van der Waals surface area contributed by atoms with E-state index in [4.69, 9.17) is 4.74 Å². The first-order valence-corrected chi connectivity index (χ1v) is 7.68. The fourth-order valence-corrected chi connectivity index (χ4v) is 2.10. The van der Waals surface area contributed by atoms with Crippen molar-refractivity contribution in [2.45, 2.75) is 32.8 Å². The van der Waals surface area contributed by atoms with Gasteiger partial charge in [0, 0.05) is 17.8 Å². The lowest BCUT2D eigenvalue weighted by Crippen LogP contribution is -2.30. The molecule has 24 heavy (non-hydrogen) atoms. The highest BCUT2D eigenvalue weighted by Gasteiger charge is 2.15. The van der Waals surface area contributed by atoms with Gasteiger partial charge in [0.15, 0.2) is 6.10 Å². The van der Waals surface area contributed by atoms with Crippen LogP contribution in [0.3, 0.4) is 0 Å². The zero-order chi connectivity index (χ0) is 17.7. The number of hydrogen-bond donors (Lipinski definition) is 1. The molecular weight excluding hydrogens is 308 g/mol. The monoisotopic (exact) mass is 328 g/mol. The zero-order valence-corrected chi connectivity index (χ0v) is 13.9. The molecule has 0 spiro atoms. The van der Waals surface area contributed by atoms with Gasteiger partial charge in [0.1, 0.15) is 5.75 Å². The summed E-state index contributed by atoms with van der Waals surface area (Å²) in [7, 11) is 0. The van der Waals surface area contributed by atoms with Crippen molar-refractivity contribution in [3.8, 4) is 5.75 Å². The Morgan fingerprint density at radius 1 is 1.04 bits per heavy atom. The Kier molecular flexibility index (Phi) is 5.52. The normalized spacial score (nSPS) is 11.8. The summed E-state index contributed by atoms with van der Waals surface area (Å²) in [5.74, 6) is 0.726. The minimum absolute atomic E-state index is 0.0254. The minimum atomic E-state index is -0.690. The molecule has 1 atom stereocenters. The van der Waals surface area contributed by atoms with Crippen molar-refractivity contribution in [1.82, 2.24) is 0 Å². The maximum Gasteiger partial charge on any atom is 0.269 e. The van der Waals surface area contributed by atoms with Crippen LogP contribution in [0, 0.1) is 10.1 Å². The van der Waals surface area contributed by atoms with Crippen LogP contribution in [0.2, 0.25) is 0 Å². The van der Waals surface area contributed by atoms with Crippen LogP contribution < -0.4 is 10.1 Å². The summed E-state index contributed by atoms with van der Waals surface area (Å²) in [5, 5.41) is 13.3. The molecule has 126 valence electrons. The largest absolute Gasteiger partial charge is 0.481 e.